The summed E-state index contributed by atoms with van der Waals surface area (Å²) in [7, 11) is -3.58. The van der Waals surface area contributed by atoms with Crippen molar-refractivity contribution >= 4 is 21.4 Å². The molecule has 1 aliphatic heterocycles. The van der Waals surface area contributed by atoms with Gasteiger partial charge in [-0.15, -0.1) is 0 Å². The van der Waals surface area contributed by atoms with E-state index in [0.29, 0.717) is 10.6 Å². The topological polar surface area (TPSA) is 52.7 Å². The summed E-state index contributed by atoms with van der Waals surface area (Å²) in [5.74, 6) is 0. The molecule has 1 N–H and O–H groups in total. The molecule has 4 rings (SSSR count). The van der Waals surface area contributed by atoms with Gasteiger partial charge in [0.2, 0.25) is 0 Å². The second-order valence-corrected chi connectivity index (χ2v) is 9.33. The van der Waals surface area contributed by atoms with Gasteiger partial charge in [-0.1, -0.05) is 17.7 Å². The molecule has 1 aliphatic carbocycles. The molecule has 2 aliphatic rings. The molecule has 6 heteroatoms. The Morgan fingerprint density at radius 3 is 2.19 bits per heavy atom. The summed E-state index contributed by atoms with van der Waals surface area (Å²) >= 11 is 0. The predicted octanol–water partition coefficient (Wildman–Crippen LogP) is 3.39. The number of rotatable bonds is 5. The first-order chi connectivity index (χ1) is 12.9. The molecule has 2 aromatic rings. The fourth-order valence-electron chi connectivity index (χ4n) is 3.84. The van der Waals surface area contributed by atoms with Gasteiger partial charge in [-0.2, -0.15) is 0 Å². The number of piperazine rings is 1. The third-order valence-corrected chi connectivity index (χ3v) is 7.02. The maximum Gasteiger partial charge on any atom is 0.262 e. The highest BCUT2D eigenvalue weighted by Crippen LogP contribution is 2.29. The van der Waals surface area contributed by atoms with Crippen LogP contribution < -0.4 is 9.62 Å². The molecule has 1 heterocycles. The van der Waals surface area contributed by atoms with Gasteiger partial charge in [0.05, 0.1) is 4.90 Å². The van der Waals surface area contributed by atoms with E-state index in [-0.39, 0.29) is 0 Å². The van der Waals surface area contributed by atoms with Crippen LogP contribution >= 0.6 is 0 Å². The summed E-state index contributed by atoms with van der Waals surface area (Å²) in [6.07, 6.45) is 2.71. The Bertz CT molecular complexity index is 913. The summed E-state index contributed by atoms with van der Waals surface area (Å²) in [6, 6.07) is 13.9. The average Bonchev–Trinajstić information content (AvgIpc) is 3.47. The van der Waals surface area contributed by atoms with Crippen LogP contribution in [0.4, 0.5) is 11.4 Å². The maximum absolute atomic E-state index is 12.7. The van der Waals surface area contributed by atoms with Gasteiger partial charge in [-0.3, -0.25) is 9.62 Å². The highest BCUT2D eigenvalue weighted by atomic mass is 32.2. The number of nitrogens with zero attached hydrogens (tertiary/aromatic N) is 2. The summed E-state index contributed by atoms with van der Waals surface area (Å²) in [6.45, 7) is 8.08. The second-order valence-electron chi connectivity index (χ2n) is 7.68. The molecule has 27 heavy (non-hydrogen) atoms. The Labute approximate surface area is 162 Å². The van der Waals surface area contributed by atoms with Crippen LogP contribution in [0.1, 0.15) is 24.0 Å². The smallest absolute Gasteiger partial charge is 0.262 e. The predicted molar refractivity (Wildman–Crippen MR) is 110 cm³/mol. The summed E-state index contributed by atoms with van der Waals surface area (Å²) in [5.41, 5.74) is 3.56. The quantitative estimate of drug-likeness (QED) is 0.857. The van der Waals surface area contributed by atoms with Gasteiger partial charge in [0.1, 0.15) is 0 Å². The summed E-state index contributed by atoms with van der Waals surface area (Å²) < 4.78 is 28.1. The molecule has 5 nitrogen and oxygen atoms in total. The minimum absolute atomic E-state index is 0.327. The molecule has 0 amide bonds. The highest BCUT2D eigenvalue weighted by Gasteiger charge is 2.31. The molecule has 2 fully saturated rings. The van der Waals surface area contributed by atoms with E-state index in [9.17, 15) is 8.42 Å². The van der Waals surface area contributed by atoms with Crippen LogP contribution in [0.15, 0.2) is 47.4 Å². The van der Waals surface area contributed by atoms with E-state index >= 15 is 0 Å². The van der Waals surface area contributed by atoms with Gasteiger partial charge < -0.3 is 4.90 Å². The Kier molecular flexibility index (Phi) is 4.86. The first kappa shape index (κ1) is 18.3. The van der Waals surface area contributed by atoms with Gasteiger partial charge in [0.25, 0.3) is 10.0 Å². The lowest BCUT2D eigenvalue weighted by Crippen LogP contribution is -2.47. The van der Waals surface area contributed by atoms with Gasteiger partial charge in [0, 0.05) is 43.6 Å². The molecule has 0 bridgehead atoms. The van der Waals surface area contributed by atoms with Gasteiger partial charge in [-0.05, 0) is 62.6 Å². The summed E-state index contributed by atoms with van der Waals surface area (Å²) in [4.78, 5) is 5.29. The van der Waals surface area contributed by atoms with Crippen molar-refractivity contribution in [3.63, 3.8) is 0 Å². The van der Waals surface area contributed by atoms with Crippen molar-refractivity contribution in [2.75, 3.05) is 35.8 Å². The van der Waals surface area contributed by atoms with E-state index in [4.69, 9.17) is 0 Å². The number of aryl methyl sites for hydroxylation is 2. The third kappa shape index (κ3) is 4.12. The minimum Gasteiger partial charge on any atom is -0.369 e. The molecule has 0 aromatic heterocycles. The van der Waals surface area contributed by atoms with E-state index in [1.165, 1.54) is 12.8 Å². The lowest BCUT2D eigenvalue weighted by molar-refractivity contribution is 0.248. The van der Waals surface area contributed by atoms with Gasteiger partial charge >= 0.3 is 0 Å². The van der Waals surface area contributed by atoms with Gasteiger partial charge in [0.15, 0.2) is 0 Å². The molecule has 0 atom stereocenters. The number of sulfonamides is 1. The first-order valence-corrected chi connectivity index (χ1v) is 11.1. The van der Waals surface area contributed by atoms with Crippen molar-refractivity contribution < 1.29 is 8.42 Å². The van der Waals surface area contributed by atoms with Crippen molar-refractivity contribution in [2.24, 2.45) is 0 Å². The van der Waals surface area contributed by atoms with Crippen LogP contribution in [0.2, 0.25) is 0 Å². The van der Waals surface area contributed by atoms with Crippen LogP contribution in [0.5, 0.6) is 0 Å². The standard InChI is InChI=1S/C21H27N3O2S/c1-16-3-10-21(17(2)15-16)27(25,26)22-18-4-6-19(7-5-18)23-11-13-24(14-12-23)20-8-9-20/h3-7,10,15,20,22H,8-9,11-14H2,1-2H3. The van der Waals surface area contributed by atoms with Crippen LogP contribution in [0, 0.1) is 13.8 Å². The van der Waals surface area contributed by atoms with Crippen molar-refractivity contribution in [2.45, 2.75) is 37.6 Å². The molecular weight excluding hydrogens is 358 g/mol. The van der Waals surface area contributed by atoms with E-state index < -0.39 is 10.0 Å². The number of anilines is 2. The molecular formula is C21H27N3O2S. The fraction of sp³-hybridized carbons (Fsp3) is 0.429. The zero-order valence-electron chi connectivity index (χ0n) is 16.0. The SMILES string of the molecule is Cc1ccc(S(=O)(=O)Nc2ccc(N3CCN(C4CC4)CC3)cc2)c(C)c1. The Morgan fingerprint density at radius 2 is 1.59 bits per heavy atom. The van der Waals surface area contributed by atoms with Crippen molar-refractivity contribution in [3.05, 3.63) is 53.6 Å². The molecule has 0 radical (unpaired) electrons. The van der Waals surface area contributed by atoms with Crippen molar-refractivity contribution in [1.82, 2.24) is 4.90 Å². The number of benzene rings is 2. The van der Waals surface area contributed by atoms with Crippen molar-refractivity contribution in [1.29, 1.82) is 0 Å². The average molecular weight is 386 g/mol. The van der Waals surface area contributed by atoms with Crippen molar-refractivity contribution in [3.8, 4) is 0 Å². The molecule has 2 aromatic carbocycles. The normalized spacial score (nSPS) is 18.5. The Balaban J connectivity index is 1.43. The summed E-state index contributed by atoms with van der Waals surface area (Å²) in [5, 5.41) is 0. The molecule has 0 unspecified atom stereocenters. The van der Waals surface area contributed by atoms with E-state index in [1.807, 2.05) is 50.2 Å². The number of hydrogen-bond donors (Lipinski definition) is 1. The Morgan fingerprint density at radius 1 is 0.926 bits per heavy atom. The molecule has 1 saturated heterocycles. The number of hydrogen-bond acceptors (Lipinski definition) is 4. The van der Waals surface area contributed by atoms with E-state index in [0.717, 1.165) is 49.0 Å². The Hall–Kier alpha value is -2.05. The zero-order chi connectivity index (χ0) is 19.0. The van der Waals surface area contributed by atoms with E-state index in [2.05, 4.69) is 14.5 Å². The highest BCUT2D eigenvalue weighted by molar-refractivity contribution is 7.92. The van der Waals surface area contributed by atoms with Crippen LogP contribution in [0.25, 0.3) is 0 Å². The number of nitrogens with one attached hydrogen (secondary N) is 1. The van der Waals surface area contributed by atoms with Crippen LogP contribution in [-0.2, 0) is 10.0 Å². The zero-order valence-corrected chi connectivity index (χ0v) is 16.8. The lowest BCUT2D eigenvalue weighted by Gasteiger charge is -2.36. The van der Waals surface area contributed by atoms with E-state index in [1.54, 1.807) is 6.07 Å². The van der Waals surface area contributed by atoms with Crippen LogP contribution in [-0.4, -0.2) is 45.5 Å². The minimum atomic E-state index is -3.58. The second kappa shape index (κ2) is 7.17. The third-order valence-electron chi connectivity index (χ3n) is 5.48. The maximum atomic E-state index is 12.7. The molecule has 144 valence electrons. The largest absolute Gasteiger partial charge is 0.369 e. The van der Waals surface area contributed by atoms with Crippen LogP contribution in [0.3, 0.4) is 0 Å². The molecule has 1 saturated carbocycles. The first-order valence-electron chi connectivity index (χ1n) is 9.61. The molecule has 0 spiro atoms. The van der Waals surface area contributed by atoms with Gasteiger partial charge in [-0.25, -0.2) is 8.42 Å². The lowest BCUT2D eigenvalue weighted by atomic mass is 10.2. The fourth-order valence-corrected chi connectivity index (χ4v) is 5.12. The monoisotopic (exact) mass is 385 g/mol.